The second-order valence-corrected chi connectivity index (χ2v) is 5.21. The molecule has 1 aromatic carbocycles. The molecule has 1 saturated heterocycles. The monoisotopic (exact) mass is 286 g/mol. The molecule has 112 valence electrons. The first-order valence-electron chi connectivity index (χ1n) is 7.00. The third kappa shape index (κ3) is 3.50. The third-order valence-electron chi connectivity index (χ3n) is 3.55. The molecule has 0 N–H and O–H groups in total. The molecule has 3 atom stereocenters. The zero-order valence-electron chi connectivity index (χ0n) is 12.4. The topological polar surface area (TPSA) is 27.7 Å². The highest BCUT2D eigenvalue weighted by Gasteiger charge is 2.42. The van der Waals surface area contributed by atoms with Gasteiger partial charge >= 0.3 is 0 Å². The Morgan fingerprint density at radius 1 is 1.24 bits per heavy atom. The van der Waals surface area contributed by atoms with Gasteiger partial charge in [-0.1, -0.05) is 48.6 Å². The summed E-state index contributed by atoms with van der Waals surface area (Å²) < 4.78 is 17.8. The van der Waals surface area contributed by atoms with Crippen LogP contribution in [0.4, 0.5) is 0 Å². The smallest absolute Gasteiger partial charge is 0.184 e. The molecule has 1 fully saturated rings. The predicted molar refractivity (Wildman–Crippen MR) is 83.9 cm³/mol. The van der Waals surface area contributed by atoms with Gasteiger partial charge in [-0.15, -0.1) is 19.7 Å². The molecular weight excluding hydrogens is 264 g/mol. The average Bonchev–Trinajstić information content (AvgIpc) is 2.54. The lowest BCUT2D eigenvalue weighted by Crippen LogP contribution is -2.52. The van der Waals surface area contributed by atoms with Gasteiger partial charge in [0.25, 0.3) is 0 Å². The summed E-state index contributed by atoms with van der Waals surface area (Å²) in [6, 6.07) is 9.83. The van der Waals surface area contributed by atoms with Gasteiger partial charge in [0, 0.05) is 5.56 Å². The van der Waals surface area contributed by atoms with Gasteiger partial charge < -0.3 is 14.2 Å². The van der Waals surface area contributed by atoms with Crippen molar-refractivity contribution in [1.29, 1.82) is 0 Å². The Kier molecular flexibility index (Phi) is 5.12. The van der Waals surface area contributed by atoms with E-state index in [1.165, 1.54) is 0 Å². The number of rotatable bonds is 6. The maximum atomic E-state index is 6.01. The second-order valence-electron chi connectivity index (χ2n) is 5.21. The van der Waals surface area contributed by atoms with Crippen molar-refractivity contribution < 1.29 is 14.2 Å². The van der Waals surface area contributed by atoms with Crippen LogP contribution in [-0.4, -0.2) is 24.4 Å². The lowest BCUT2D eigenvalue weighted by molar-refractivity contribution is -0.290. The molecule has 0 saturated carbocycles. The van der Waals surface area contributed by atoms with E-state index in [0.29, 0.717) is 6.61 Å². The Morgan fingerprint density at radius 3 is 2.48 bits per heavy atom. The molecule has 2 rings (SSSR count). The van der Waals surface area contributed by atoms with Crippen molar-refractivity contribution >= 4 is 0 Å². The first-order chi connectivity index (χ1) is 10.1. The van der Waals surface area contributed by atoms with Crippen LogP contribution >= 0.6 is 0 Å². The van der Waals surface area contributed by atoms with E-state index in [1.54, 1.807) is 18.2 Å². The molecular formula is C18H22O3. The van der Waals surface area contributed by atoms with Crippen molar-refractivity contribution in [3.05, 3.63) is 73.9 Å². The van der Waals surface area contributed by atoms with Gasteiger partial charge in [-0.05, 0) is 6.92 Å². The van der Waals surface area contributed by atoms with Crippen molar-refractivity contribution in [2.45, 2.75) is 31.0 Å². The molecule has 1 aliphatic rings. The zero-order chi connectivity index (χ0) is 15.3. The van der Waals surface area contributed by atoms with E-state index >= 15 is 0 Å². The van der Waals surface area contributed by atoms with Crippen LogP contribution in [-0.2, 0) is 14.2 Å². The van der Waals surface area contributed by atoms with Gasteiger partial charge in [-0.25, -0.2) is 0 Å². The van der Waals surface area contributed by atoms with Crippen LogP contribution in [0.3, 0.4) is 0 Å². The quantitative estimate of drug-likeness (QED) is 0.744. The fourth-order valence-corrected chi connectivity index (χ4v) is 2.33. The third-order valence-corrected chi connectivity index (χ3v) is 3.55. The van der Waals surface area contributed by atoms with Gasteiger partial charge in [-0.3, -0.25) is 0 Å². The summed E-state index contributed by atoms with van der Waals surface area (Å²) in [6.45, 7) is 13.7. The SMILES string of the molecule is C=CC(C=C)O[C@]1(C)CO[C@@H](c2ccccc2)O[C@H]1C=C. The van der Waals surface area contributed by atoms with Gasteiger partial charge in [0.1, 0.15) is 11.7 Å². The molecule has 0 radical (unpaired) electrons. The highest BCUT2D eigenvalue weighted by atomic mass is 16.7. The minimum absolute atomic E-state index is 0.252. The van der Waals surface area contributed by atoms with E-state index in [0.717, 1.165) is 5.56 Å². The molecule has 0 amide bonds. The number of hydrogen-bond acceptors (Lipinski definition) is 3. The Labute approximate surface area is 126 Å². The lowest BCUT2D eigenvalue weighted by Gasteiger charge is -2.43. The summed E-state index contributed by atoms with van der Waals surface area (Å²) in [4.78, 5) is 0. The van der Waals surface area contributed by atoms with E-state index < -0.39 is 11.9 Å². The van der Waals surface area contributed by atoms with Crippen LogP contribution in [0.15, 0.2) is 68.3 Å². The minimum atomic E-state index is -0.625. The van der Waals surface area contributed by atoms with E-state index in [4.69, 9.17) is 14.2 Å². The Balaban J connectivity index is 2.13. The number of hydrogen-bond donors (Lipinski definition) is 0. The summed E-state index contributed by atoms with van der Waals surface area (Å²) in [5.74, 6) is 0. The molecule has 1 aliphatic heterocycles. The summed E-state index contributed by atoms with van der Waals surface area (Å²) >= 11 is 0. The van der Waals surface area contributed by atoms with E-state index in [-0.39, 0.29) is 12.2 Å². The zero-order valence-corrected chi connectivity index (χ0v) is 12.4. The standard InChI is InChI=1S/C18H22O3/c1-5-15(6-2)21-18(4)13-19-17(20-16(18)7-3)14-11-9-8-10-12-14/h5-12,15-17H,1-3,13H2,4H3/t16-,17+,18+/m0/s1. The Hall–Kier alpha value is -1.68. The minimum Gasteiger partial charge on any atom is -0.358 e. The van der Waals surface area contributed by atoms with Gasteiger partial charge in [0.2, 0.25) is 0 Å². The van der Waals surface area contributed by atoms with Gasteiger partial charge in [-0.2, -0.15) is 0 Å². The van der Waals surface area contributed by atoms with Crippen molar-refractivity contribution in [3.63, 3.8) is 0 Å². The van der Waals surface area contributed by atoms with E-state index in [9.17, 15) is 0 Å². The van der Waals surface area contributed by atoms with Gasteiger partial charge in [0.15, 0.2) is 6.29 Å². The van der Waals surface area contributed by atoms with E-state index in [2.05, 4.69) is 19.7 Å². The summed E-state index contributed by atoms with van der Waals surface area (Å²) in [7, 11) is 0. The fourth-order valence-electron chi connectivity index (χ4n) is 2.33. The normalized spacial score (nSPS) is 29.0. The molecule has 3 heteroatoms. The van der Waals surface area contributed by atoms with Crippen LogP contribution in [0.2, 0.25) is 0 Å². The van der Waals surface area contributed by atoms with Crippen molar-refractivity contribution in [3.8, 4) is 0 Å². The highest BCUT2D eigenvalue weighted by Crippen LogP contribution is 2.35. The average molecular weight is 286 g/mol. The largest absolute Gasteiger partial charge is 0.358 e. The molecule has 0 aromatic heterocycles. The Bertz CT molecular complexity index is 488. The molecule has 0 spiro atoms. The lowest BCUT2D eigenvalue weighted by atomic mass is 9.97. The van der Waals surface area contributed by atoms with Crippen LogP contribution in [0.1, 0.15) is 18.8 Å². The number of benzene rings is 1. The molecule has 0 unspecified atom stereocenters. The second kappa shape index (κ2) is 6.85. The van der Waals surface area contributed by atoms with Crippen molar-refractivity contribution in [1.82, 2.24) is 0 Å². The summed E-state index contributed by atoms with van der Waals surface area (Å²) in [5, 5.41) is 0. The summed E-state index contributed by atoms with van der Waals surface area (Å²) in [6.07, 6.45) is 4.21. The van der Waals surface area contributed by atoms with Gasteiger partial charge in [0.05, 0.1) is 12.7 Å². The van der Waals surface area contributed by atoms with Crippen molar-refractivity contribution in [2.24, 2.45) is 0 Å². The maximum absolute atomic E-state index is 6.01. The maximum Gasteiger partial charge on any atom is 0.184 e. The molecule has 1 aromatic rings. The molecule has 1 heterocycles. The Morgan fingerprint density at radius 2 is 1.90 bits per heavy atom. The van der Waals surface area contributed by atoms with Crippen LogP contribution in [0.5, 0.6) is 0 Å². The van der Waals surface area contributed by atoms with Crippen LogP contribution in [0.25, 0.3) is 0 Å². The summed E-state index contributed by atoms with van der Waals surface area (Å²) in [5.41, 5.74) is 0.357. The first-order valence-corrected chi connectivity index (χ1v) is 7.00. The highest BCUT2D eigenvalue weighted by molar-refractivity contribution is 5.17. The molecule has 0 bridgehead atoms. The molecule has 3 nitrogen and oxygen atoms in total. The van der Waals surface area contributed by atoms with Crippen molar-refractivity contribution in [2.75, 3.05) is 6.61 Å². The number of ether oxygens (including phenoxy) is 3. The molecule has 21 heavy (non-hydrogen) atoms. The fraction of sp³-hybridized carbons (Fsp3) is 0.333. The van der Waals surface area contributed by atoms with E-state index in [1.807, 2.05) is 37.3 Å². The van der Waals surface area contributed by atoms with Crippen LogP contribution < -0.4 is 0 Å². The molecule has 0 aliphatic carbocycles. The first kappa shape index (κ1) is 15.7. The van der Waals surface area contributed by atoms with Crippen LogP contribution in [0, 0.1) is 0 Å². The predicted octanol–water partition coefficient (Wildman–Crippen LogP) is 3.80.